The molecule has 0 saturated heterocycles. The molecule has 1 fully saturated rings. The number of alkyl halides is 3. The monoisotopic (exact) mass is 186 g/mol. The zero-order valence-corrected chi connectivity index (χ0v) is 6.30. The van der Waals surface area contributed by atoms with Crippen molar-refractivity contribution in [1.29, 1.82) is 0 Å². The first-order valence-corrected chi connectivity index (χ1v) is 3.55. The third-order valence-electron chi connectivity index (χ3n) is 2.13. The van der Waals surface area contributed by atoms with E-state index in [4.69, 9.17) is 11.6 Å². The largest absolute Gasteiger partial charge is 0.402 e. The molecule has 0 aromatic rings. The van der Waals surface area contributed by atoms with Crippen molar-refractivity contribution in [3.8, 4) is 0 Å². The van der Waals surface area contributed by atoms with Crippen LogP contribution in [0.25, 0.3) is 0 Å². The fraction of sp³-hybridized carbons (Fsp3) is 0.833. The van der Waals surface area contributed by atoms with E-state index >= 15 is 0 Å². The zero-order chi connectivity index (χ0) is 8.70. The minimum Gasteiger partial charge on any atom is -0.280 e. The smallest absolute Gasteiger partial charge is 0.280 e. The van der Waals surface area contributed by atoms with Crippen LogP contribution in [-0.2, 0) is 4.79 Å². The molecule has 0 N–H and O–H groups in total. The Bertz CT molecular complexity index is 183. The molecule has 0 spiro atoms. The fourth-order valence-corrected chi connectivity index (χ4v) is 1.42. The SMILES string of the molecule is O=C(Cl)C1(C(F)(F)F)CCC1. The van der Waals surface area contributed by atoms with E-state index in [1.54, 1.807) is 0 Å². The molecular formula is C6H6ClF3O. The van der Waals surface area contributed by atoms with Gasteiger partial charge in [-0.25, -0.2) is 0 Å². The number of carbonyl (C=O) groups is 1. The van der Waals surface area contributed by atoms with Crippen LogP contribution in [0, 0.1) is 5.41 Å². The molecule has 0 radical (unpaired) electrons. The van der Waals surface area contributed by atoms with Gasteiger partial charge in [-0.15, -0.1) is 0 Å². The van der Waals surface area contributed by atoms with E-state index in [9.17, 15) is 18.0 Å². The molecule has 0 heterocycles. The van der Waals surface area contributed by atoms with Crippen molar-refractivity contribution in [2.75, 3.05) is 0 Å². The van der Waals surface area contributed by atoms with E-state index < -0.39 is 16.8 Å². The van der Waals surface area contributed by atoms with Crippen molar-refractivity contribution >= 4 is 16.8 Å². The lowest BCUT2D eigenvalue weighted by Gasteiger charge is -2.39. The molecule has 11 heavy (non-hydrogen) atoms. The minimum atomic E-state index is -4.47. The number of rotatable bonds is 1. The van der Waals surface area contributed by atoms with Crippen LogP contribution in [0.4, 0.5) is 13.2 Å². The van der Waals surface area contributed by atoms with Crippen molar-refractivity contribution in [2.24, 2.45) is 5.41 Å². The molecule has 1 rings (SSSR count). The van der Waals surface area contributed by atoms with Gasteiger partial charge in [-0.3, -0.25) is 4.79 Å². The molecule has 0 aromatic carbocycles. The van der Waals surface area contributed by atoms with Crippen molar-refractivity contribution in [3.63, 3.8) is 0 Å². The number of hydrogen-bond donors (Lipinski definition) is 0. The third-order valence-corrected chi connectivity index (χ3v) is 2.49. The zero-order valence-electron chi connectivity index (χ0n) is 5.54. The van der Waals surface area contributed by atoms with Crippen LogP contribution in [0.5, 0.6) is 0 Å². The highest BCUT2D eigenvalue weighted by Gasteiger charge is 2.62. The molecule has 0 bridgehead atoms. The van der Waals surface area contributed by atoms with Crippen molar-refractivity contribution < 1.29 is 18.0 Å². The van der Waals surface area contributed by atoms with Gasteiger partial charge in [0.1, 0.15) is 5.41 Å². The maximum atomic E-state index is 12.1. The lowest BCUT2D eigenvalue weighted by atomic mass is 9.69. The van der Waals surface area contributed by atoms with E-state index in [-0.39, 0.29) is 12.8 Å². The van der Waals surface area contributed by atoms with E-state index in [1.165, 1.54) is 0 Å². The molecule has 0 unspecified atom stereocenters. The summed E-state index contributed by atoms with van der Waals surface area (Å²) in [5, 5.41) is -1.27. The number of hydrogen-bond acceptors (Lipinski definition) is 1. The van der Waals surface area contributed by atoms with Crippen LogP contribution in [0.3, 0.4) is 0 Å². The predicted octanol–water partition coefficient (Wildman–Crippen LogP) is 2.48. The standard InChI is InChI=1S/C6H6ClF3O/c7-4(11)5(2-1-3-5)6(8,9)10/h1-3H2. The molecule has 1 nitrogen and oxygen atoms in total. The minimum absolute atomic E-state index is 0.154. The second-order valence-corrected chi connectivity index (χ2v) is 3.05. The van der Waals surface area contributed by atoms with Gasteiger partial charge in [0.2, 0.25) is 5.24 Å². The van der Waals surface area contributed by atoms with Gasteiger partial charge in [0.05, 0.1) is 0 Å². The second-order valence-electron chi connectivity index (χ2n) is 2.71. The fourth-order valence-electron chi connectivity index (χ4n) is 1.12. The summed E-state index contributed by atoms with van der Waals surface area (Å²) < 4.78 is 36.3. The highest BCUT2D eigenvalue weighted by atomic mass is 35.5. The summed E-state index contributed by atoms with van der Waals surface area (Å²) in [6, 6.07) is 0. The predicted molar refractivity (Wildman–Crippen MR) is 33.2 cm³/mol. The molecule has 5 heteroatoms. The number of carbonyl (C=O) groups excluding carboxylic acids is 1. The highest BCUT2D eigenvalue weighted by Crippen LogP contribution is 2.54. The highest BCUT2D eigenvalue weighted by molar-refractivity contribution is 6.64. The Balaban J connectivity index is 2.85. The summed E-state index contributed by atoms with van der Waals surface area (Å²) >= 11 is 4.86. The lowest BCUT2D eigenvalue weighted by molar-refractivity contribution is -0.237. The molecular weight excluding hydrogens is 181 g/mol. The Labute approximate surface area is 66.5 Å². The normalized spacial score (nSPS) is 22.5. The topological polar surface area (TPSA) is 17.1 Å². The van der Waals surface area contributed by atoms with Crippen molar-refractivity contribution in [3.05, 3.63) is 0 Å². The summed E-state index contributed by atoms with van der Waals surface area (Å²) in [5.41, 5.74) is -2.21. The van der Waals surface area contributed by atoms with Gasteiger partial charge >= 0.3 is 6.18 Å². The maximum Gasteiger partial charge on any atom is 0.402 e. The van der Waals surface area contributed by atoms with Gasteiger partial charge in [-0.1, -0.05) is 6.42 Å². The van der Waals surface area contributed by atoms with E-state index in [0.29, 0.717) is 6.42 Å². The Morgan fingerprint density at radius 3 is 1.82 bits per heavy atom. The molecule has 64 valence electrons. The molecule has 0 aromatic heterocycles. The first-order chi connectivity index (χ1) is 4.90. The van der Waals surface area contributed by atoms with E-state index in [0.717, 1.165) is 0 Å². The van der Waals surface area contributed by atoms with Crippen molar-refractivity contribution in [1.82, 2.24) is 0 Å². The Morgan fingerprint density at radius 1 is 1.36 bits per heavy atom. The molecule has 0 amide bonds. The first-order valence-electron chi connectivity index (χ1n) is 3.17. The summed E-state index contributed by atoms with van der Waals surface area (Å²) in [6.45, 7) is 0. The lowest BCUT2D eigenvalue weighted by Crippen LogP contribution is -2.48. The van der Waals surface area contributed by atoms with Gasteiger partial charge in [-0.2, -0.15) is 13.2 Å². The summed E-state index contributed by atoms with van der Waals surface area (Å²) in [6.07, 6.45) is -4.35. The summed E-state index contributed by atoms with van der Waals surface area (Å²) in [5.74, 6) is 0. The third kappa shape index (κ3) is 1.13. The van der Waals surface area contributed by atoms with Crippen LogP contribution in [0.15, 0.2) is 0 Å². The van der Waals surface area contributed by atoms with Crippen LogP contribution < -0.4 is 0 Å². The Morgan fingerprint density at radius 2 is 1.82 bits per heavy atom. The summed E-state index contributed by atoms with van der Waals surface area (Å²) in [4.78, 5) is 10.4. The van der Waals surface area contributed by atoms with Crippen LogP contribution in [-0.4, -0.2) is 11.4 Å². The molecule has 1 aliphatic carbocycles. The molecule has 1 saturated carbocycles. The number of halogens is 4. The maximum absolute atomic E-state index is 12.1. The molecule has 0 atom stereocenters. The van der Waals surface area contributed by atoms with Gasteiger partial charge in [0.15, 0.2) is 0 Å². The van der Waals surface area contributed by atoms with Gasteiger partial charge in [0, 0.05) is 0 Å². The van der Waals surface area contributed by atoms with E-state index in [1.807, 2.05) is 0 Å². The van der Waals surface area contributed by atoms with Gasteiger partial charge < -0.3 is 0 Å². The van der Waals surface area contributed by atoms with E-state index in [2.05, 4.69) is 0 Å². The average Bonchev–Trinajstić information content (AvgIpc) is 1.52. The molecule has 1 aliphatic rings. The second kappa shape index (κ2) is 2.37. The first kappa shape index (κ1) is 8.84. The quantitative estimate of drug-likeness (QED) is 0.575. The van der Waals surface area contributed by atoms with Crippen molar-refractivity contribution in [2.45, 2.75) is 25.4 Å². The van der Waals surface area contributed by atoms with Crippen LogP contribution in [0.1, 0.15) is 19.3 Å². The van der Waals surface area contributed by atoms with Crippen LogP contribution >= 0.6 is 11.6 Å². The van der Waals surface area contributed by atoms with Gasteiger partial charge in [0.25, 0.3) is 0 Å². The Kier molecular flexibility index (Phi) is 1.90. The van der Waals surface area contributed by atoms with Crippen LogP contribution in [0.2, 0.25) is 0 Å². The molecule has 0 aliphatic heterocycles. The summed E-state index contributed by atoms with van der Waals surface area (Å²) in [7, 11) is 0. The van der Waals surface area contributed by atoms with Gasteiger partial charge in [-0.05, 0) is 24.4 Å². The average molecular weight is 187 g/mol. The Hall–Kier alpha value is -0.250.